The molecule has 0 unspecified atom stereocenters. The van der Waals surface area contributed by atoms with Gasteiger partial charge < -0.3 is 19.5 Å². The van der Waals surface area contributed by atoms with Crippen LogP contribution in [0.1, 0.15) is 68.9 Å². The molecule has 1 fully saturated rings. The second-order valence-electron chi connectivity index (χ2n) is 9.29. The number of cyclic esters (lactones) is 1. The Labute approximate surface area is 212 Å². The molecule has 1 saturated heterocycles. The highest BCUT2D eigenvalue weighted by Crippen LogP contribution is 2.33. The van der Waals surface area contributed by atoms with E-state index >= 15 is 0 Å². The van der Waals surface area contributed by atoms with Crippen LogP contribution in [0.3, 0.4) is 0 Å². The molecule has 0 radical (unpaired) electrons. The van der Waals surface area contributed by atoms with Crippen LogP contribution in [0.25, 0.3) is 0 Å². The van der Waals surface area contributed by atoms with Gasteiger partial charge in [0.1, 0.15) is 12.1 Å². The van der Waals surface area contributed by atoms with E-state index in [1.807, 2.05) is 25.1 Å². The maximum absolute atomic E-state index is 13.2. The third-order valence-electron chi connectivity index (χ3n) is 6.69. The monoisotopic (exact) mass is 496 g/mol. The van der Waals surface area contributed by atoms with Crippen molar-refractivity contribution >= 4 is 17.8 Å². The lowest BCUT2D eigenvalue weighted by Gasteiger charge is -2.31. The van der Waals surface area contributed by atoms with Gasteiger partial charge in [0, 0.05) is 25.1 Å². The van der Waals surface area contributed by atoms with Gasteiger partial charge in [0.25, 0.3) is 5.91 Å². The van der Waals surface area contributed by atoms with Crippen LogP contribution in [0.15, 0.2) is 42.6 Å². The Morgan fingerprint density at radius 3 is 2.58 bits per heavy atom. The number of pyridine rings is 1. The van der Waals surface area contributed by atoms with Crippen LogP contribution >= 0.6 is 0 Å². The summed E-state index contributed by atoms with van der Waals surface area (Å²) in [7, 11) is 1.40. The number of benzene rings is 1. The van der Waals surface area contributed by atoms with Gasteiger partial charge in [-0.1, -0.05) is 56.5 Å². The molecule has 0 spiro atoms. The number of carbonyl (C=O) groups excluding carboxylic acids is 3. The van der Waals surface area contributed by atoms with Crippen LogP contribution in [-0.2, 0) is 20.7 Å². The molecule has 194 valence electrons. The quantitative estimate of drug-likeness (QED) is 0.537. The molecule has 1 N–H and O–H groups in total. The van der Waals surface area contributed by atoms with Crippen LogP contribution in [-0.4, -0.2) is 42.1 Å². The Hall–Kier alpha value is -3.42. The highest BCUT2D eigenvalue weighted by atomic mass is 16.6. The number of methoxy groups -OCH3 is 1. The molecule has 1 amide bonds. The van der Waals surface area contributed by atoms with Gasteiger partial charge in [-0.15, -0.1) is 0 Å². The molecule has 0 bridgehead atoms. The Morgan fingerprint density at radius 1 is 1.17 bits per heavy atom. The summed E-state index contributed by atoms with van der Waals surface area (Å²) in [5.74, 6) is -1.02. The van der Waals surface area contributed by atoms with Crippen molar-refractivity contribution < 1.29 is 28.6 Å². The maximum atomic E-state index is 13.2. The van der Waals surface area contributed by atoms with E-state index in [0.717, 1.165) is 32.1 Å². The van der Waals surface area contributed by atoms with E-state index in [-0.39, 0.29) is 29.2 Å². The van der Waals surface area contributed by atoms with Gasteiger partial charge in [-0.05, 0) is 37.7 Å². The van der Waals surface area contributed by atoms with Crippen LogP contribution in [0.4, 0.5) is 0 Å². The Kier molecular flexibility index (Phi) is 9.85. The molecule has 0 saturated carbocycles. The normalized spacial score (nSPS) is 22.4. The molecule has 1 aromatic carbocycles. The second-order valence-corrected chi connectivity index (χ2v) is 9.29. The van der Waals surface area contributed by atoms with Crippen LogP contribution < -0.4 is 14.8 Å². The minimum Gasteiger partial charge on any atom is -0.493 e. The van der Waals surface area contributed by atoms with Crippen molar-refractivity contribution in [2.75, 3.05) is 7.11 Å². The van der Waals surface area contributed by atoms with Gasteiger partial charge in [0.05, 0.1) is 7.11 Å². The number of esters is 2. The molecule has 2 aromatic rings. The largest absolute Gasteiger partial charge is 0.493 e. The van der Waals surface area contributed by atoms with Gasteiger partial charge in [0.15, 0.2) is 11.4 Å². The fourth-order valence-corrected chi connectivity index (χ4v) is 4.95. The smallest absolute Gasteiger partial charge is 0.328 e. The molecule has 36 heavy (non-hydrogen) atoms. The Balaban J connectivity index is 1.80. The van der Waals surface area contributed by atoms with E-state index in [9.17, 15) is 14.4 Å². The van der Waals surface area contributed by atoms with Crippen LogP contribution in [0, 0.1) is 11.8 Å². The average molecular weight is 497 g/mol. The number of ether oxygens (including phenoxy) is 3. The molecule has 1 aliphatic heterocycles. The number of hydrogen-bond donors (Lipinski definition) is 1. The van der Waals surface area contributed by atoms with Crippen molar-refractivity contribution in [3.8, 4) is 11.5 Å². The lowest BCUT2D eigenvalue weighted by Crippen LogP contribution is -2.43. The van der Waals surface area contributed by atoms with Crippen molar-refractivity contribution in [2.24, 2.45) is 11.8 Å². The first-order valence-electron chi connectivity index (χ1n) is 12.6. The van der Waals surface area contributed by atoms with E-state index in [1.165, 1.54) is 31.9 Å². The number of rotatable bonds is 8. The molecule has 2 heterocycles. The zero-order chi connectivity index (χ0) is 26.1. The minimum atomic E-state index is -0.837. The fraction of sp³-hybridized carbons (Fsp3) is 0.500. The minimum absolute atomic E-state index is 0.0827. The van der Waals surface area contributed by atoms with E-state index in [4.69, 9.17) is 14.2 Å². The van der Waals surface area contributed by atoms with Gasteiger partial charge in [-0.3, -0.25) is 9.59 Å². The summed E-state index contributed by atoms with van der Waals surface area (Å²) < 4.78 is 16.4. The standard InChI is InChI=1S/C28H36N2O6/c1-5-10-21-13-9-14-23(28(33)35-18(2)22(21)17-20-11-7-6-8-12-20)30-27(32)25-26(36-19(3)31)24(34-4)15-16-29-25/h6-8,11-12,15-16,18,21-23H,5,9-10,13-14,17H2,1-4H3,(H,30,32)/t18-,21-,22-,23-/m0/s1. The number of nitrogens with one attached hydrogen (secondary N) is 1. The van der Waals surface area contributed by atoms with Crippen LogP contribution in [0.2, 0.25) is 0 Å². The number of aromatic nitrogens is 1. The summed E-state index contributed by atoms with van der Waals surface area (Å²) in [6.07, 6.45) is 6.16. The van der Waals surface area contributed by atoms with Gasteiger partial charge in [-0.2, -0.15) is 0 Å². The van der Waals surface area contributed by atoms with Gasteiger partial charge >= 0.3 is 11.9 Å². The lowest BCUT2D eigenvalue weighted by atomic mass is 9.78. The Bertz CT molecular complexity index is 1040. The molecule has 1 aromatic heterocycles. The van der Waals surface area contributed by atoms with Crippen molar-refractivity contribution in [1.82, 2.24) is 10.3 Å². The molecule has 0 aliphatic carbocycles. The molecular weight excluding hydrogens is 460 g/mol. The maximum Gasteiger partial charge on any atom is 0.328 e. The van der Waals surface area contributed by atoms with E-state index < -0.39 is 23.9 Å². The fourth-order valence-electron chi connectivity index (χ4n) is 4.95. The van der Waals surface area contributed by atoms with Gasteiger partial charge in [-0.25, -0.2) is 9.78 Å². The molecular formula is C28H36N2O6. The highest BCUT2D eigenvalue weighted by molar-refractivity contribution is 5.98. The SMILES string of the molecule is CCC[C@H]1CCC[C@H](NC(=O)c2nccc(OC)c2OC(C)=O)C(=O)O[C@@H](C)[C@@H]1Cc1ccccc1. The number of nitrogens with zero attached hydrogens (tertiary/aromatic N) is 1. The van der Waals surface area contributed by atoms with E-state index in [1.54, 1.807) is 0 Å². The summed E-state index contributed by atoms with van der Waals surface area (Å²) in [5, 5.41) is 2.75. The first-order valence-corrected chi connectivity index (χ1v) is 12.6. The number of amides is 1. The molecule has 1 aliphatic rings. The van der Waals surface area contributed by atoms with E-state index in [0.29, 0.717) is 12.3 Å². The molecule has 3 rings (SSSR count). The summed E-state index contributed by atoms with van der Waals surface area (Å²) in [4.78, 5) is 42.0. The molecule has 8 nitrogen and oxygen atoms in total. The van der Waals surface area contributed by atoms with Crippen molar-refractivity contribution in [1.29, 1.82) is 0 Å². The topological polar surface area (TPSA) is 104 Å². The molecule has 8 heteroatoms. The summed E-state index contributed by atoms with van der Waals surface area (Å²) in [6.45, 7) is 5.35. The number of carbonyl (C=O) groups is 3. The second kappa shape index (κ2) is 13.0. The third kappa shape index (κ3) is 7.06. The first kappa shape index (κ1) is 27.2. The zero-order valence-corrected chi connectivity index (χ0v) is 21.5. The van der Waals surface area contributed by atoms with E-state index in [2.05, 4.69) is 29.4 Å². The average Bonchev–Trinajstić information content (AvgIpc) is 2.90. The van der Waals surface area contributed by atoms with Crippen LogP contribution in [0.5, 0.6) is 11.5 Å². The van der Waals surface area contributed by atoms with Gasteiger partial charge in [0.2, 0.25) is 5.75 Å². The first-order chi connectivity index (χ1) is 17.3. The predicted octanol–water partition coefficient (Wildman–Crippen LogP) is 4.50. The summed E-state index contributed by atoms with van der Waals surface area (Å²) in [5.41, 5.74) is 1.09. The summed E-state index contributed by atoms with van der Waals surface area (Å²) >= 11 is 0. The molecule has 4 atom stereocenters. The van der Waals surface area contributed by atoms with Crippen molar-refractivity contribution in [3.63, 3.8) is 0 Å². The third-order valence-corrected chi connectivity index (χ3v) is 6.69. The van der Waals surface area contributed by atoms with Crippen molar-refractivity contribution in [2.45, 2.75) is 71.4 Å². The predicted molar refractivity (Wildman–Crippen MR) is 135 cm³/mol. The zero-order valence-electron chi connectivity index (χ0n) is 21.5. The van der Waals surface area contributed by atoms with Crippen molar-refractivity contribution in [3.05, 3.63) is 53.9 Å². The highest BCUT2D eigenvalue weighted by Gasteiger charge is 2.34. The number of hydrogen-bond acceptors (Lipinski definition) is 7. The lowest BCUT2D eigenvalue weighted by molar-refractivity contribution is -0.153. The summed E-state index contributed by atoms with van der Waals surface area (Å²) in [6, 6.07) is 10.9. The Morgan fingerprint density at radius 2 is 1.92 bits per heavy atom.